The minimum absolute atomic E-state index is 0.132. The molecule has 4 rings (SSSR count). The van der Waals surface area contributed by atoms with E-state index in [0.717, 1.165) is 28.1 Å². The van der Waals surface area contributed by atoms with Crippen LogP contribution in [0.2, 0.25) is 0 Å². The lowest BCUT2D eigenvalue weighted by Gasteiger charge is -2.36. The van der Waals surface area contributed by atoms with Crippen LogP contribution in [-0.4, -0.2) is 36.2 Å². The Morgan fingerprint density at radius 2 is 1.82 bits per heavy atom. The fourth-order valence-electron chi connectivity index (χ4n) is 4.28. The van der Waals surface area contributed by atoms with Crippen molar-refractivity contribution in [3.05, 3.63) is 81.5 Å². The van der Waals surface area contributed by atoms with Crippen LogP contribution < -0.4 is 10.1 Å². The van der Waals surface area contributed by atoms with Gasteiger partial charge in [-0.1, -0.05) is 30.0 Å². The molecule has 0 unspecified atom stereocenters. The van der Waals surface area contributed by atoms with Crippen molar-refractivity contribution in [1.29, 1.82) is 0 Å². The fourth-order valence-corrected chi connectivity index (χ4v) is 5.25. The molecule has 2 aromatic carbocycles. The van der Waals surface area contributed by atoms with E-state index in [2.05, 4.69) is 16.4 Å². The van der Waals surface area contributed by atoms with Gasteiger partial charge in [-0.2, -0.15) is 0 Å². The largest absolute Gasteiger partial charge is 0.497 e. The zero-order chi connectivity index (χ0) is 24.4. The van der Waals surface area contributed by atoms with Crippen molar-refractivity contribution in [1.82, 2.24) is 4.90 Å². The molecule has 7 nitrogen and oxygen atoms in total. The van der Waals surface area contributed by atoms with Crippen molar-refractivity contribution >= 4 is 34.5 Å². The number of nitrogens with one attached hydrogen (secondary N) is 1. The molecular formula is C26H27N3O4S. The Morgan fingerprint density at radius 1 is 1.09 bits per heavy atom. The number of carbonyl (C=O) groups is 2. The normalized spacial score (nSPS) is 17.1. The van der Waals surface area contributed by atoms with Crippen LogP contribution in [0.4, 0.5) is 5.69 Å². The predicted octanol–water partition coefficient (Wildman–Crippen LogP) is 5.09. The zero-order valence-corrected chi connectivity index (χ0v) is 20.7. The number of esters is 1. The van der Waals surface area contributed by atoms with Crippen LogP contribution in [0, 0.1) is 13.8 Å². The van der Waals surface area contributed by atoms with E-state index in [1.807, 2.05) is 60.6 Å². The number of nitrogens with zero attached hydrogens (tertiary/aromatic N) is 2. The lowest BCUT2D eigenvalue weighted by Crippen LogP contribution is -2.37. The number of anilines is 1. The van der Waals surface area contributed by atoms with Crippen LogP contribution in [0.5, 0.6) is 5.75 Å². The Kier molecular flexibility index (Phi) is 6.79. The van der Waals surface area contributed by atoms with Crippen molar-refractivity contribution in [2.45, 2.75) is 33.2 Å². The molecule has 2 heterocycles. The molecule has 1 amide bonds. The van der Waals surface area contributed by atoms with Gasteiger partial charge in [0, 0.05) is 11.4 Å². The molecule has 0 saturated heterocycles. The number of hydrogen-bond acceptors (Lipinski definition) is 7. The van der Waals surface area contributed by atoms with Gasteiger partial charge in [-0.3, -0.25) is 4.79 Å². The number of benzene rings is 2. The number of carbonyl (C=O) groups excluding carboxylic acids is 2. The van der Waals surface area contributed by atoms with Gasteiger partial charge in [0.15, 0.2) is 5.17 Å². The van der Waals surface area contributed by atoms with E-state index < -0.39 is 12.0 Å². The molecule has 2 aromatic rings. The smallest absolute Gasteiger partial charge is 0.338 e. The lowest BCUT2D eigenvalue weighted by molar-refractivity contribution is -0.136. The Labute approximate surface area is 203 Å². The SMILES string of the molecule is COC(=O)C1=C(C)N=C2SC=C(CC(=O)Nc3cc(C)cc(C)c3)N2[C@@H]1c1cccc(OC)c1. The van der Waals surface area contributed by atoms with Crippen LogP contribution >= 0.6 is 11.8 Å². The van der Waals surface area contributed by atoms with Crippen molar-refractivity contribution in [3.8, 4) is 5.75 Å². The lowest BCUT2D eigenvalue weighted by atomic mass is 9.93. The van der Waals surface area contributed by atoms with Gasteiger partial charge in [0.2, 0.25) is 5.91 Å². The second kappa shape index (κ2) is 9.77. The number of amides is 1. The number of amidine groups is 1. The summed E-state index contributed by atoms with van der Waals surface area (Å²) in [7, 11) is 2.96. The first-order valence-electron chi connectivity index (χ1n) is 10.9. The predicted molar refractivity (Wildman–Crippen MR) is 135 cm³/mol. The van der Waals surface area contributed by atoms with Crippen molar-refractivity contribution in [2.24, 2.45) is 4.99 Å². The number of ether oxygens (including phenoxy) is 2. The van der Waals surface area contributed by atoms with E-state index in [1.165, 1.54) is 18.9 Å². The van der Waals surface area contributed by atoms with Gasteiger partial charge in [-0.25, -0.2) is 9.79 Å². The van der Waals surface area contributed by atoms with Crippen molar-refractivity contribution in [2.75, 3.05) is 19.5 Å². The molecule has 2 aliphatic heterocycles. The number of hydrogen-bond donors (Lipinski definition) is 1. The molecular weight excluding hydrogens is 450 g/mol. The summed E-state index contributed by atoms with van der Waals surface area (Å²) in [5.41, 5.74) is 5.55. The number of thioether (sulfide) groups is 1. The topological polar surface area (TPSA) is 80.2 Å². The number of methoxy groups -OCH3 is 2. The summed E-state index contributed by atoms with van der Waals surface area (Å²) in [4.78, 5) is 32.4. The maximum Gasteiger partial charge on any atom is 0.338 e. The quantitative estimate of drug-likeness (QED) is 0.584. The molecule has 0 aliphatic carbocycles. The Hall–Kier alpha value is -3.52. The standard InChI is InChI=1S/C26H27N3O4S/c1-15-9-16(2)11-19(10-15)28-22(30)13-20-14-34-26-27-17(3)23(25(31)33-5)24(29(20)26)18-7-6-8-21(12-18)32-4/h6-12,14,24H,13H2,1-5H3,(H,28,30)/t24-/m1/s1. The van der Waals surface area contributed by atoms with Gasteiger partial charge < -0.3 is 19.7 Å². The number of rotatable bonds is 6. The number of aryl methyl sites for hydroxylation is 2. The third-order valence-electron chi connectivity index (χ3n) is 5.66. The highest BCUT2D eigenvalue weighted by atomic mass is 32.2. The third kappa shape index (κ3) is 4.72. The third-order valence-corrected chi connectivity index (χ3v) is 6.55. The minimum Gasteiger partial charge on any atom is -0.497 e. The molecule has 34 heavy (non-hydrogen) atoms. The monoisotopic (exact) mass is 477 g/mol. The molecule has 1 atom stereocenters. The Balaban J connectivity index is 1.67. The molecule has 2 aliphatic rings. The van der Waals surface area contributed by atoms with E-state index >= 15 is 0 Å². The van der Waals surface area contributed by atoms with Crippen LogP contribution in [-0.2, 0) is 14.3 Å². The molecule has 8 heteroatoms. The van der Waals surface area contributed by atoms with Gasteiger partial charge in [0.1, 0.15) is 5.75 Å². The average molecular weight is 478 g/mol. The molecule has 0 spiro atoms. The first-order valence-corrected chi connectivity index (χ1v) is 11.7. The van der Waals surface area contributed by atoms with Gasteiger partial charge in [0.05, 0.1) is 38.0 Å². The summed E-state index contributed by atoms with van der Waals surface area (Å²) in [6, 6.07) is 13.0. The highest BCUT2D eigenvalue weighted by molar-refractivity contribution is 8.16. The Morgan fingerprint density at radius 3 is 2.50 bits per heavy atom. The van der Waals surface area contributed by atoms with Crippen LogP contribution in [0.15, 0.2) is 69.8 Å². The molecule has 1 N–H and O–H groups in total. The second-order valence-corrected chi connectivity index (χ2v) is 9.10. The van der Waals surface area contributed by atoms with Crippen LogP contribution in [0.1, 0.15) is 36.1 Å². The van der Waals surface area contributed by atoms with Crippen LogP contribution in [0.3, 0.4) is 0 Å². The highest BCUT2D eigenvalue weighted by Gasteiger charge is 2.41. The molecule has 0 saturated carbocycles. The van der Waals surface area contributed by atoms with Gasteiger partial charge >= 0.3 is 5.97 Å². The summed E-state index contributed by atoms with van der Waals surface area (Å²) in [5, 5.41) is 5.63. The number of fused-ring (bicyclic) bond motifs is 1. The van der Waals surface area contributed by atoms with E-state index in [0.29, 0.717) is 22.2 Å². The van der Waals surface area contributed by atoms with E-state index in [9.17, 15) is 9.59 Å². The van der Waals surface area contributed by atoms with E-state index in [1.54, 1.807) is 14.0 Å². The summed E-state index contributed by atoms with van der Waals surface area (Å²) < 4.78 is 10.5. The summed E-state index contributed by atoms with van der Waals surface area (Å²) in [6.07, 6.45) is 0.132. The van der Waals surface area contributed by atoms with Gasteiger partial charge in [-0.05, 0) is 67.1 Å². The first kappa shape index (κ1) is 23.6. The molecule has 0 fully saturated rings. The van der Waals surface area contributed by atoms with Gasteiger partial charge in [0.25, 0.3) is 0 Å². The van der Waals surface area contributed by atoms with E-state index in [-0.39, 0.29) is 12.3 Å². The van der Waals surface area contributed by atoms with E-state index in [4.69, 9.17) is 9.47 Å². The number of aliphatic imine (C=N–C) groups is 1. The summed E-state index contributed by atoms with van der Waals surface area (Å²) in [5.74, 6) is 0.0748. The highest BCUT2D eigenvalue weighted by Crippen LogP contribution is 2.45. The number of allylic oxidation sites excluding steroid dienone is 1. The molecule has 0 radical (unpaired) electrons. The second-order valence-electron chi connectivity index (χ2n) is 8.26. The minimum atomic E-state index is -0.495. The maximum absolute atomic E-state index is 13.0. The molecule has 176 valence electrons. The van der Waals surface area contributed by atoms with Crippen molar-refractivity contribution in [3.63, 3.8) is 0 Å². The summed E-state index contributed by atoms with van der Waals surface area (Å²) in [6.45, 7) is 5.79. The average Bonchev–Trinajstić information content (AvgIpc) is 3.18. The molecule has 0 aromatic heterocycles. The first-order chi connectivity index (χ1) is 16.3. The zero-order valence-electron chi connectivity index (χ0n) is 19.8. The van der Waals surface area contributed by atoms with Crippen molar-refractivity contribution < 1.29 is 19.1 Å². The van der Waals surface area contributed by atoms with Crippen LogP contribution in [0.25, 0.3) is 0 Å². The van der Waals surface area contributed by atoms with Gasteiger partial charge in [-0.15, -0.1) is 0 Å². The molecule has 0 bridgehead atoms. The summed E-state index contributed by atoms with van der Waals surface area (Å²) >= 11 is 1.44. The Bertz CT molecular complexity index is 1230. The fraction of sp³-hybridized carbons (Fsp3) is 0.269. The maximum atomic E-state index is 13.0.